The third-order valence-electron chi connectivity index (χ3n) is 20.1. The van der Waals surface area contributed by atoms with Gasteiger partial charge < -0.3 is 108 Å². The number of rotatable bonds is 11. The van der Waals surface area contributed by atoms with E-state index in [0.29, 0.717) is 19.3 Å². The molecule has 0 aromatic heterocycles. The molecule has 10 rings (SSSR count). The fourth-order valence-corrected chi connectivity index (χ4v) is 16.1. The van der Waals surface area contributed by atoms with Crippen molar-refractivity contribution in [1.82, 2.24) is 0 Å². The zero-order chi connectivity index (χ0) is 57.8. The number of allylic oxidation sites excluding steroid dienone is 1. The van der Waals surface area contributed by atoms with Crippen LogP contribution >= 0.6 is 0 Å². The quantitative estimate of drug-likeness (QED) is 0.0678. The standard InChI is InChI=1S/C55H84O25/c1-20-17-70-55(48(67)42(20)77-50-41(66)39(64)37(62)22(3)71-50)21(2)36-34(80-55)16-31-29-11-10-27-14-28(59)15-35(54(27,9)30(29)12-13-53(31,36)8)76-51-46(44(33(61)19-69-51)78-49-40(65)38(63)32(60)18-68-49)79-52-47(75-26(7)58)45(74-25(6)57)43(23(4)72-52)73-24(5)56/h10,20-23,28-52,59-67H,11-19H2,1-9H3. The molecule has 6 heterocycles. The molecule has 9 fully saturated rings. The molecule has 0 aromatic rings. The van der Waals surface area contributed by atoms with Crippen LogP contribution in [0.3, 0.4) is 0 Å². The van der Waals surface area contributed by atoms with Crippen molar-refractivity contribution in [1.29, 1.82) is 0 Å². The number of carbonyl (C=O) groups is 3. The topological polar surface area (TPSA) is 353 Å². The van der Waals surface area contributed by atoms with Gasteiger partial charge in [-0.15, -0.1) is 0 Å². The van der Waals surface area contributed by atoms with E-state index in [1.165, 1.54) is 6.92 Å². The van der Waals surface area contributed by atoms with Gasteiger partial charge >= 0.3 is 17.9 Å². The maximum atomic E-state index is 12.8. The van der Waals surface area contributed by atoms with Crippen LogP contribution in [0.5, 0.6) is 0 Å². The van der Waals surface area contributed by atoms with Crippen molar-refractivity contribution in [3.63, 3.8) is 0 Å². The van der Waals surface area contributed by atoms with Gasteiger partial charge in [0.15, 0.2) is 49.3 Å². The number of ether oxygens (including phenoxy) is 13. The molecule has 80 heavy (non-hydrogen) atoms. The second-order valence-corrected chi connectivity index (χ2v) is 25.0. The molecule has 32 atom stereocenters. The summed E-state index contributed by atoms with van der Waals surface area (Å²) in [6.07, 6.45) is -24.9. The van der Waals surface area contributed by atoms with Crippen LogP contribution in [0.15, 0.2) is 11.6 Å². The molecule has 25 heteroatoms. The lowest BCUT2D eigenvalue weighted by Crippen LogP contribution is -2.66. The summed E-state index contributed by atoms with van der Waals surface area (Å²) in [6, 6.07) is 0. The minimum Gasteiger partial charge on any atom is -0.456 e. The van der Waals surface area contributed by atoms with Crippen molar-refractivity contribution in [2.75, 3.05) is 19.8 Å². The van der Waals surface area contributed by atoms with Gasteiger partial charge in [0.1, 0.15) is 61.0 Å². The Labute approximate surface area is 464 Å². The Morgan fingerprint density at radius 3 is 1.91 bits per heavy atom. The van der Waals surface area contributed by atoms with E-state index in [9.17, 15) is 60.3 Å². The van der Waals surface area contributed by atoms with Crippen LogP contribution in [-0.2, 0) is 76.0 Å². The molecular weight excluding hydrogens is 1060 g/mol. The van der Waals surface area contributed by atoms with Crippen LogP contribution in [0, 0.1) is 46.3 Å². The maximum Gasteiger partial charge on any atom is 0.303 e. The lowest BCUT2D eigenvalue weighted by Gasteiger charge is -2.61. The van der Waals surface area contributed by atoms with Crippen molar-refractivity contribution < 1.29 is 122 Å². The normalized spacial score (nSPS) is 53.8. The van der Waals surface area contributed by atoms with Crippen molar-refractivity contribution in [2.45, 2.75) is 248 Å². The van der Waals surface area contributed by atoms with Gasteiger partial charge in [0.05, 0.1) is 56.4 Å². The van der Waals surface area contributed by atoms with Crippen molar-refractivity contribution in [2.24, 2.45) is 46.3 Å². The summed E-state index contributed by atoms with van der Waals surface area (Å²) in [5, 5.41) is 99.6. The molecule has 32 unspecified atom stereocenters. The summed E-state index contributed by atoms with van der Waals surface area (Å²) in [6.45, 7) is 14.1. The van der Waals surface area contributed by atoms with Crippen LogP contribution in [0.1, 0.15) is 101 Å². The Kier molecular flexibility index (Phi) is 17.4. The summed E-state index contributed by atoms with van der Waals surface area (Å²) in [7, 11) is 0. The zero-order valence-electron chi connectivity index (χ0n) is 46.7. The van der Waals surface area contributed by atoms with E-state index in [4.69, 9.17) is 61.6 Å². The molecule has 6 saturated heterocycles. The number of carbonyl (C=O) groups excluding carboxylic acids is 3. The van der Waals surface area contributed by atoms with Gasteiger partial charge in [0, 0.05) is 44.4 Å². The van der Waals surface area contributed by atoms with E-state index in [1.807, 2.05) is 13.8 Å². The number of fused-ring (bicyclic) bond motifs is 7. The molecule has 25 nitrogen and oxygen atoms in total. The third kappa shape index (κ3) is 10.5. The van der Waals surface area contributed by atoms with Gasteiger partial charge in [0.25, 0.3) is 0 Å². The van der Waals surface area contributed by atoms with Gasteiger partial charge in [0.2, 0.25) is 0 Å². The number of hydrogen-bond acceptors (Lipinski definition) is 25. The molecule has 3 saturated carbocycles. The maximum absolute atomic E-state index is 12.8. The molecule has 0 radical (unpaired) electrons. The second kappa shape index (κ2) is 23.0. The first-order valence-electron chi connectivity index (χ1n) is 28.5. The van der Waals surface area contributed by atoms with Gasteiger partial charge in [-0.3, -0.25) is 14.4 Å². The Hall–Kier alpha value is -2.61. The van der Waals surface area contributed by atoms with Crippen molar-refractivity contribution >= 4 is 17.9 Å². The van der Waals surface area contributed by atoms with Crippen molar-refractivity contribution in [3.05, 3.63) is 11.6 Å². The Bertz CT molecular complexity index is 2270. The molecule has 0 bridgehead atoms. The van der Waals surface area contributed by atoms with E-state index in [1.54, 1.807) is 6.92 Å². The predicted octanol–water partition coefficient (Wildman–Crippen LogP) is -1.03. The number of aliphatic hydroxyl groups is 9. The van der Waals surface area contributed by atoms with E-state index in [-0.39, 0.29) is 60.1 Å². The average molecular weight is 1150 g/mol. The van der Waals surface area contributed by atoms with E-state index < -0.39 is 177 Å². The van der Waals surface area contributed by atoms with Gasteiger partial charge in [-0.1, -0.05) is 39.3 Å². The summed E-state index contributed by atoms with van der Waals surface area (Å²) in [5.74, 6) is -4.39. The summed E-state index contributed by atoms with van der Waals surface area (Å²) in [5.41, 5.74) is -0.0257. The largest absolute Gasteiger partial charge is 0.456 e. The van der Waals surface area contributed by atoms with Gasteiger partial charge in [-0.25, -0.2) is 0 Å². The molecule has 454 valence electrons. The minimum atomic E-state index is -1.81. The fraction of sp³-hybridized carbons (Fsp3) is 0.909. The summed E-state index contributed by atoms with van der Waals surface area (Å²) < 4.78 is 81.0. The molecule has 9 N–H and O–H groups in total. The highest BCUT2D eigenvalue weighted by atomic mass is 16.8. The fourth-order valence-electron chi connectivity index (χ4n) is 16.1. The third-order valence-corrected chi connectivity index (χ3v) is 20.1. The lowest BCUT2D eigenvalue weighted by atomic mass is 9.46. The first-order chi connectivity index (χ1) is 37.7. The average Bonchev–Trinajstić information content (AvgIpc) is 4.09. The summed E-state index contributed by atoms with van der Waals surface area (Å²) in [4.78, 5) is 37.8. The van der Waals surface area contributed by atoms with Gasteiger partial charge in [-0.2, -0.15) is 0 Å². The number of aliphatic hydroxyl groups excluding tert-OH is 9. The zero-order valence-corrected chi connectivity index (χ0v) is 46.7. The van der Waals surface area contributed by atoms with E-state index >= 15 is 0 Å². The summed E-state index contributed by atoms with van der Waals surface area (Å²) >= 11 is 0. The molecule has 0 aromatic carbocycles. The molecule has 4 aliphatic carbocycles. The monoisotopic (exact) mass is 1140 g/mol. The minimum absolute atomic E-state index is 0.00707. The molecule has 10 aliphatic rings. The molecule has 6 aliphatic heterocycles. The van der Waals surface area contributed by atoms with Crippen LogP contribution in [0.4, 0.5) is 0 Å². The van der Waals surface area contributed by atoms with Gasteiger partial charge in [-0.05, 0) is 75.0 Å². The first-order valence-corrected chi connectivity index (χ1v) is 28.5. The molecule has 0 amide bonds. The second-order valence-electron chi connectivity index (χ2n) is 25.0. The molecular formula is C55H84O25. The number of hydrogen-bond donors (Lipinski definition) is 9. The lowest BCUT2D eigenvalue weighted by molar-refractivity contribution is -0.382. The highest BCUT2D eigenvalue weighted by molar-refractivity contribution is 5.68. The van der Waals surface area contributed by atoms with Crippen LogP contribution < -0.4 is 0 Å². The highest BCUT2D eigenvalue weighted by Gasteiger charge is 2.72. The van der Waals surface area contributed by atoms with E-state index in [2.05, 4.69) is 19.9 Å². The van der Waals surface area contributed by atoms with Crippen LogP contribution in [-0.4, -0.2) is 231 Å². The first kappa shape index (κ1) is 60.5. The Morgan fingerprint density at radius 1 is 0.600 bits per heavy atom. The smallest absolute Gasteiger partial charge is 0.303 e. The van der Waals surface area contributed by atoms with Crippen LogP contribution in [0.25, 0.3) is 0 Å². The number of esters is 3. The van der Waals surface area contributed by atoms with Crippen LogP contribution in [0.2, 0.25) is 0 Å². The molecule has 1 spiro atoms. The SMILES string of the molecule is CC(=O)OC1C(C)OC(OC2C(OC3CC(O)CC4=CCC5C6CC7OC8(OCC(C)C(OC9OC(C)C(O)C(O)C9O)C8O)C(C)C7C6(C)CCC5C43C)OCC(O)C2OC2OCC(O)C(O)C2O)C(OC(C)=O)C1OC(C)=O. The predicted molar refractivity (Wildman–Crippen MR) is 266 cm³/mol. The highest BCUT2D eigenvalue weighted by Crippen LogP contribution is 2.71. The Balaban J connectivity index is 0.925. The van der Waals surface area contributed by atoms with E-state index in [0.717, 1.165) is 39.2 Å². The van der Waals surface area contributed by atoms with Crippen molar-refractivity contribution in [3.8, 4) is 0 Å². The Morgan fingerprint density at radius 2 is 1.21 bits per heavy atom.